The summed E-state index contributed by atoms with van der Waals surface area (Å²) in [5, 5.41) is 0. The lowest BCUT2D eigenvalue weighted by molar-refractivity contribution is 0.0555. The first-order valence-corrected chi connectivity index (χ1v) is 5.79. The molecule has 1 aromatic heterocycles. The van der Waals surface area contributed by atoms with E-state index in [4.69, 9.17) is 9.79 Å². The second-order valence-electron chi connectivity index (χ2n) is 3.68. The van der Waals surface area contributed by atoms with E-state index < -0.39 is 13.4 Å². The van der Waals surface area contributed by atoms with Crippen LogP contribution in [0.25, 0.3) is 0 Å². The highest BCUT2D eigenvalue weighted by molar-refractivity contribution is 7.46. The van der Waals surface area contributed by atoms with Gasteiger partial charge in [-0.25, -0.2) is 14.5 Å². The van der Waals surface area contributed by atoms with E-state index in [1.165, 1.54) is 13.8 Å². The number of phosphoric acid groups is 1. The van der Waals surface area contributed by atoms with Crippen LogP contribution in [-0.2, 0) is 14.7 Å². The van der Waals surface area contributed by atoms with Crippen LogP contribution >= 0.6 is 7.82 Å². The first-order chi connectivity index (χ1) is 6.71. The average molecular weight is 232 g/mol. The molecule has 0 saturated carbocycles. The van der Waals surface area contributed by atoms with Gasteiger partial charge in [-0.1, -0.05) is 0 Å². The summed E-state index contributed by atoms with van der Waals surface area (Å²) in [6.07, 6.45) is 3.13. The van der Waals surface area contributed by atoms with Gasteiger partial charge < -0.3 is 9.79 Å². The van der Waals surface area contributed by atoms with Crippen LogP contribution in [0.2, 0.25) is 0 Å². The topological polar surface area (TPSA) is 92.5 Å². The van der Waals surface area contributed by atoms with Crippen molar-refractivity contribution in [3.05, 3.63) is 23.8 Å². The molecular formula is C8H13N2O4P. The molecule has 0 spiro atoms. The van der Waals surface area contributed by atoms with E-state index in [9.17, 15) is 4.57 Å². The first-order valence-electron chi connectivity index (χ1n) is 4.26. The summed E-state index contributed by atoms with van der Waals surface area (Å²) in [6, 6.07) is 0. The van der Waals surface area contributed by atoms with Gasteiger partial charge in [0.2, 0.25) is 0 Å². The molecule has 0 saturated heterocycles. The van der Waals surface area contributed by atoms with Crippen molar-refractivity contribution in [2.24, 2.45) is 0 Å². The number of rotatable bonds is 3. The monoisotopic (exact) mass is 232 g/mol. The van der Waals surface area contributed by atoms with E-state index in [2.05, 4.69) is 14.5 Å². The Hall–Kier alpha value is -0.810. The van der Waals surface area contributed by atoms with Crippen LogP contribution < -0.4 is 0 Å². The van der Waals surface area contributed by atoms with Crippen LogP contribution in [0.5, 0.6) is 0 Å². The predicted molar refractivity (Wildman–Crippen MR) is 52.9 cm³/mol. The Kier molecular flexibility index (Phi) is 3.25. The number of aromatic nitrogens is 2. The van der Waals surface area contributed by atoms with Crippen molar-refractivity contribution in [2.75, 3.05) is 0 Å². The molecule has 15 heavy (non-hydrogen) atoms. The molecule has 1 rings (SSSR count). The molecule has 84 valence electrons. The molecule has 0 amide bonds. The molecule has 0 aliphatic rings. The van der Waals surface area contributed by atoms with Crippen molar-refractivity contribution < 1.29 is 18.9 Å². The highest BCUT2D eigenvalue weighted by atomic mass is 31.2. The fourth-order valence-electron chi connectivity index (χ4n) is 1.04. The van der Waals surface area contributed by atoms with Crippen molar-refractivity contribution in [3.8, 4) is 0 Å². The second kappa shape index (κ2) is 3.98. The zero-order valence-corrected chi connectivity index (χ0v) is 9.60. The highest BCUT2D eigenvalue weighted by Crippen LogP contribution is 2.44. The van der Waals surface area contributed by atoms with Crippen LogP contribution in [0.1, 0.15) is 25.2 Å². The Morgan fingerprint density at radius 1 is 1.33 bits per heavy atom. The third kappa shape index (κ3) is 3.68. The zero-order valence-electron chi connectivity index (χ0n) is 8.71. The summed E-state index contributed by atoms with van der Waals surface area (Å²) in [5.74, 6) is 0.233. The number of hydrogen-bond acceptors (Lipinski definition) is 4. The molecule has 2 N–H and O–H groups in total. The molecule has 1 heterocycles. The van der Waals surface area contributed by atoms with E-state index in [1.54, 1.807) is 12.4 Å². The maximum atomic E-state index is 10.7. The van der Waals surface area contributed by atoms with Crippen molar-refractivity contribution in [1.29, 1.82) is 0 Å². The molecule has 0 unspecified atom stereocenters. The van der Waals surface area contributed by atoms with Gasteiger partial charge in [0.25, 0.3) is 0 Å². The molecule has 1 aromatic rings. The molecule has 0 fully saturated rings. The lowest BCUT2D eigenvalue weighted by atomic mass is 10.1. The quantitative estimate of drug-likeness (QED) is 0.759. The molecule has 0 radical (unpaired) electrons. The maximum absolute atomic E-state index is 10.7. The molecule has 6 nitrogen and oxygen atoms in total. The van der Waals surface area contributed by atoms with Crippen LogP contribution in [0.15, 0.2) is 12.4 Å². The van der Waals surface area contributed by atoms with Crippen LogP contribution in [0.4, 0.5) is 0 Å². The highest BCUT2D eigenvalue weighted by Gasteiger charge is 2.33. The third-order valence-electron chi connectivity index (χ3n) is 1.67. The van der Waals surface area contributed by atoms with Gasteiger partial charge in [-0.05, 0) is 26.3 Å². The lowest BCUT2D eigenvalue weighted by Gasteiger charge is -2.23. The standard InChI is InChI=1S/C8H13N2O4P/c1-6-4-9-7(10-5-6)8(2,3)14-15(11,12)13/h4-5H,1-3H3,(H2,11,12,13). The smallest absolute Gasteiger partial charge is 0.303 e. The normalized spacial score (nSPS) is 12.9. The first kappa shape index (κ1) is 12.3. The minimum absolute atomic E-state index is 0.233. The lowest BCUT2D eigenvalue weighted by Crippen LogP contribution is -2.23. The van der Waals surface area contributed by atoms with Crippen molar-refractivity contribution >= 4 is 7.82 Å². The van der Waals surface area contributed by atoms with Gasteiger partial charge >= 0.3 is 7.82 Å². The summed E-state index contributed by atoms with van der Waals surface area (Å²) in [6.45, 7) is 4.81. The molecule has 0 bridgehead atoms. The van der Waals surface area contributed by atoms with Gasteiger partial charge in [0.15, 0.2) is 5.82 Å². The van der Waals surface area contributed by atoms with Gasteiger partial charge in [-0.3, -0.25) is 4.52 Å². The molecule has 0 atom stereocenters. The van der Waals surface area contributed by atoms with Crippen molar-refractivity contribution in [1.82, 2.24) is 9.97 Å². The Balaban J connectivity index is 2.95. The molecular weight excluding hydrogens is 219 g/mol. The van der Waals surface area contributed by atoms with Crippen LogP contribution in [-0.4, -0.2) is 19.8 Å². The van der Waals surface area contributed by atoms with Gasteiger partial charge in [-0.15, -0.1) is 0 Å². The van der Waals surface area contributed by atoms with E-state index in [-0.39, 0.29) is 5.82 Å². The Bertz CT molecular complexity index is 384. The minimum atomic E-state index is -4.54. The Labute approximate surface area is 87.6 Å². The molecule has 0 aliphatic heterocycles. The SMILES string of the molecule is Cc1cnc(C(C)(C)OP(=O)(O)O)nc1. The summed E-state index contributed by atoms with van der Waals surface area (Å²) < 4.78 is 15.3. The Morgan fingerprint density at radius 2 is 1.80 bits per heavy atom. The Morgan fingerprint density at radius 3 is 2.20 bits per heavy atom. The zero-order chi connectivity index (χ0) is 11.7. The van der Waals surface area contributed by atoms with E-state index in [0.29, 0.717) is 0 Å². The van der Waals surface area contributed by atoms with E-state index >= 15 is 0 Å². The minimum Gasteiger partial charge on any atom is -0.303 e. The van der Waals surface area contributed by atoms with E-state index in [1.807, 2.05) is 6.92 Å². The van der Waals surface area contributed by atoms with Gasteiger partial charge in [0.05, 0.1) is 0 Å². The number of phosphoric ester groups is 1. The summed E-state index contributed by atoms with van der Waals surface area (Å²) in [4.78, 5) is 25.3. The van der Waals surface area contributed by atoms with Gasteiger partial charge in [0, 0.05) is 12.4 Å². The fourth-order valence-corrected chi connectivity index (χ4v) is 1.72. The predicted octanol–water partition coefficient (Wildman–Crippen LogP) is 1.13. The molecule has 0 aliphatic carbocycles. The third-order valence-corrected chi connectivity index (χ3v) is 2.36. The van der Waals surface area contributed by atoms with Gasteiger partial charge in [-0.2, -0.15) is 0 Å². The number of aryl methyl sites for hydroxylation is 1. The molecule has 0 aromatic carbocycles. The fraction of sp³-hybridized carbons (Fsp3) is 0.500. The largest absolute Gasteiger partial charge is 0.470 e. The van der Waals surface area contributed by atoms with Crippen LogP contribution in [0.3, 0.4) is 0 Å². The van der Waals surface area contributed by atoms with E-state index in [0.717, 1.165) is 5.56 Å². The number of hydrogen-bond donors (Lipinski definition) is 2. The average Bonchev–Trinajstić information content (AvgIpc) is 2.00. The van der Waals surface area contributed by atoms with Gasteiger partial charge in [0.1, 0.15) is 5.60 Å². The summed E-state index contributed by atoms with van der Waals surface area (Å²) in [7, 11) is -4.54. The second-order valence-corrected chi connectivity index (χ2v) is 4.84. The summed E-state index contributed by atoms with van der Waals surface area (Å²) in [5.41, 5.74) is -0.349. The van der Waals surface area contributed by atoms with Crippen molar-refractivity contribution in [2.45, 2.75) is 26.4 Å². The van der Waals surface area contributed by atoms with Crippen molar-refractivity contribution in [3.63, 3.8) is 0 Å². The summed E-state index contributed by atoms with van der Waals surface area (Å²) >= 11 is 0. The van der Waals surface area contributed by atoms with Crippen LogP contribution in [0, 0.1) is 6.92 Å². The molecule has 7 heteroatoms. The maximum Gasteiger partial charge on any atom is 0.470 e. The number of nitrogens with zero attached hydrogens (tertiary/aromatic N) is 2.